The Bertz CT molecular complexity index is 1300. The fourth-order valence-electron chi connectivity index (χ4n) is 4.09. The number of carbonyl (C=O) groups is 3. The molecule has 9 heteroatoms. The standard InChI is InChI=1S/C28H28ClN3O5/c1-36-24-9-3-2-8-22(24)19-6-4-7-20(16-19)28(35)32-14-5-12-31-27(34)23-17-21(29)10-11-25(23)37-15-13-30-26(33)18-32/h2-4,6-11,16-17H,5,12-15,18H2,1H3,(H,30,33)(H,31,34). The van der Waals surface area contributed by atoms with E-state index in [4.69, 9.17) is 21.1 Å². The summed E-state index contributed by atoms with van der Waals surface area (Å²) in [6, 6.07) is 19.6. The topological polar surface area (TPSA) is 97.0 Å². The van der Waals surface area contributed by atoms with Crippen LogP contribution in [0.3, 0.4) is 0 Å². The van der Waals surface area contributed by atoms with Gasteiger partial charge in [-0.1, -0.05) is 41.9 Å². The highest BCUT2D eigenvalue weighted by Gasteiger charge is 2.21. The maximum absolute atomic E-state index is 13.5. The number of rotatable bonds is 3. The Balaban J connectivity index is 1.52. The van der Waals surface area contributed by atoms with Gasteiger partial charge in [-0.05, 0) is 48.4 Å². The Kier molecular flexibility index (Phi) is 8.64. The highest BCUT2D eigenvalue weighted by Crippen LogP contribution is 2.30. The van der Waals surface area contributed by atoms with Crippen molar-refractivity contribution in [2.75, 3.05) is 39.9 Å². The van der Waals surface area contributed by atoms with Crippen LogP contribution in [0.4, 0.5) is 0 Å². The van der Waals surface area contributed by atoms with E-state index in [-0.39, 0.29) is 44.0 Å². The lowest BCUT2D eigenvalue weighted by molar-refractivity contribution is -0.121. The van der Waals surface area contributed by atoms with Crippen molar-refractivity contribution in [1.82, 2.24) is 15.5 Å². The first-order chi connectivity index (χ1) is 18.0. The average Bonchev–Trinajstić information content (AvgIpc) is 2.92. The monoisotopic (exact) mass is 521 g/mol. The molecule has 0 radical (unpaired) electrons. The number of ether oxygens (including phenoxy) is 2. The molecule has 1 heterocycles. The van der Waals surface area contributed by atoms with Gasteiger partial charge in [-0.15, -0.1) is 0 Å². The Morgan fingerprint density at radius 1 is 0.973 bits per heavy atom. The van der Waals surface area contributed by atoms with Crippen molar-refractivity contribution in [3.05, 3.63) is 82.9 Å². The lowest BCUT2D eigenvalue weighted by Gasteiger charge is -2.23. The second-order valence-corrected chi connectivity index (χ2v) is 8.89. The summed E-state index contributed by atoms with van der Waals surface area (Å²) in [6.45, 7) is 0.843. The molecule has 0 spiro atoms. The fraction of sp³-hybridized carbons (Fsp3) is 0.250. The van der Waals surface area contributed by atoms with Gasteiger partial charge in [-0.3, -0.25) is 14.4 Å². The van der Waals surface area contributed by atoms with Crippen LogP contribution in [-0.2, 0) is 4.79 Å². The number of halogens is 1. The van der Waals surface area contributed by atoms with Gasteiger partial charge < -0.3 is 25.0 Å². The number of hydrogen-bond acceptors (Lipinski definition) is 5. The van der Waals surface area contributed by atoms with Gasteiger partial charge in [0, 0.05) is 29.2 Å². The smallest absolute Gasteiger partial charge is 0.255 e. The van der Waals surface area contributed by atoms with Crippen molar-refractivity contribution < 1.29 is 23.9 Å². The molecule has 8 nitrogen and oxygen atoms in total. The van der Waals surface area contributed by atoms with Gasteiger partial charge in [0.15, 0.2) is 0 Å². The predicted octanol–water partition coefficient (Wildman–Crippen LogP) is 3.79. The quantitative estimate of drug-likeness (QED) is 0.546. The minimum Gasteiger partial charge on any atom is -0.496 e. The van der Waals surface area contributed by atoms with Crippen LogP contribution in [0.5, 0.6) is 11.5 Å². The van der Waals surface area contributed by atoms with Crippen molar-refractivity contribution >= 4 is 29.3 Å². The summed E-state index contributed by atoms with van der Waals surface area (Å²) >= 11 is 6.07. The second-order valence-electron chi connectivity index (χ2n) is 8.46. The lowest BCUT2D eigenvalue weighted by Crippen LogP contribution is -2.43. The van der Waals surface area contributed by atoms with E-state index in [9.17, 15) is 14.4 Å². The summed E-state index contributed by atoms with van der Waals surface area (Å²) in [5, 5.41) is 6.04. The summed E-state index contributed by atoms with van der Waals surface area (Å²) in [7, 11) is 1.60. The van der Waals surface area contributed by atoms with Gasteiger partial charge in [-0.25, -0.2) is 0 Å². The minimum absolute atomic E-state index is 0.113. The zero-order chi connectivity index (χ0) is 26.2. The van der Waals surface area contributed by atoms with E-state index in [0.717, 1.165) is 11.1 Å². The van der Waals surface area contributed by atoms with Crippen LogP contribution in [-0.4, -0.2) is 62.5 Å². The molecule has 0 bridgehead atoms. The van der Waals surface area contributed by atoms with Gasteiger partial charge in [0.2, 0.25) is 5.91 Å². The first-order valence-corrected chi connectivity index (χ1v) is 12.3. The Morgan fingerprint density at radius 2 is 1.81 bits per heavy atom. The first kappa shape index (κ1) is 26.0. The molecule has 3 aromatic rings. The molecule has 0 aromatic heterocycles. The van der Waals surface area contributed by atoms with Crippen LogP contribution in [0.2, 0.25) is 5.02 Å². The molecule has 0 fully saturated rings. The summed E-state index contributed by atoms with van der Waals surface area (Å²) in [6.07, 6.45) is 0.452. The summed E-state index contributed by atoms with van der Waals surface area (Å²) in [5.41, 5.74) is 2.46. The molecule has 1 aliphatic rings. The molecule has 3 aromatic carbocycles. The zero-order valence-corrected chi connectivity index (χ0v) is 21.2. The van der Waals surface area contributed by atoms with E-state index in [1.165, 1.54) is 4.90 Å². The Hall–Kier alpha value is -4.04. The number of nitrogens with zero attached hydrogens (tertiary/aromatic N) is 1. The molecule has 37 heavy (non-hydrogen) atoms. The molecule has 3 amide bonds. The number of fused-ring (bicyclic) bond motifs is 1. The van der Waals surface area contributed by atoms with E-state index < -0.39 is 0 Å². The maximum Gasteiger partial charge on any atom is 0.255 e. The van der Waals surface area contributed by atoms with E-state index in [1.807, 2.05) is 30.3 Å². The van der Waals surface area contributed by atoms with Gasteiger partial charge in [0.05, 0.1) is 25.8 Å². The Labute approximate surface area is 220 Å². The van der Waals surface area contributed by atoms with Crippen molar-refractivity contribution in [3.8, 4) is 22.6 Å². The largest absolute Gasteiger partial charge is 0.496 e. The first-order valence-electron chi connectivity index (χ1n) is 12.0. The predicted molar refractivity (Wildman–Crippen MR) is 141 cm³/mol. The van der Waals surface area contributed by atoms with E-state index in [2.05, 4.69) is 10.6 Å². The van der Waals surface area contributed by atoms with E-state index in [0.29, 0.717) is 40.6 Å². The van der Waals surface area contributed by atoms with E-state index in [1.54, 1.807) is 43.5 Å². The number of hydrogen-bond donors (Lipinski definition) is 2. The summed E-state index contributed by atoms with van der Waals surface area (Å²) in [4.78, 5) is 40.3. The van der Waals surface area contributed by atoms with Crippen LogP contribution in [0.15, 0.2) is 66.7 Å². The zero-order valence-electron chi connectivity index (χ0n) is 20.5. The van der Waals surface area contributed by atoms with Gasteiger partial charge >= 0.3 is 0 Å². The lowest BCUT2D eigenvalue weighted by atomic mass is 10.0. The molecule has 1 aliphatic heterocycles. The van der Waals surface area contributed by atoms with Crippen molar-refractivity contribution in [2.45, 2.75) is 6.42 Å². The highest BCUT2D eigenvalue weighted by molar-refractivity contribution is 6.31. The highest BCUT2D eigenvalue weighted by atomic mass is 35.5. The van der Waals surface area contributed by atoms with Crippen LogP contribution >= 0.6 is 11.6 Å². The molecular formula is C28H28ClN3O5. The normalized spacial score (nSPS) is 14.9. The van der Waals surface area contributed by atoms with Crippen LogP contribution in [0.25, 0.3) is 11.1 Å². The number of carbonyl (C=O) groups excluding carboxylic acids is 3. The number of para-hydroxylation sites is 1. The van der Waals surface area contributed by atoms with Gasteiger partial charge in [0.1, 0.15) is 18.1 Å². The fourth-order valence-corrected chi connectivity index (χ4v) is 4.26. The Morgan fingerprint density at radius 3 is 2.65 bits per heavy atom. The van der Waals surface area contributed by atoms with Crippen molar-refractivity contribution in [3.63, 3.8) is 0 Å². The summed E-state index contributed by atoms with van der Waals surface area (Å²) < 4.78 is 11.2. The van der Waals surface area contributed by atoms with Crippen LogP contribution in [0, 0.1) is 0 Å². The molecule has 0 aliphatic carbocycles. The molecule has 192 valence electrons. The number of nitrogens with one attached hydrogen (secondary N) is 2. The number of methoxy groups -OCH3 is 1. The van der Waals surface area contributed by atoms with Crippen molar-refractivity contribution in [2.24, 2.45) is 0 Å². The van der Waals surface area contributed by atoms with Crippen LogP contribution < -0.4 is 20.1 Å². The molecule has 0 saturated carbocycles. The minimum atomic E-state index is -0.319. The second kappa shape index (κ2) is 12.3. The van der Waals surface area contributed by atoms with Crippen molar-refractivity contribution in [1.29, 1.82) is 0 Å². The number of amides is 3. The molecular weight excluding hydrogens is 494 g/mol. The third-order valence-electron chi connectivity index (χ3n) is 5.91. The molecule has 2 N–H and O–H groups in total. The third-order valence-corrected chi connectivity index (χ3v) is 6.14. The molecule has 4 rings (SSSR count). The SMILES string of the molecule is COc1ccccc1-c1cccc(C(=O)N2CCCNC(=O)c3cc(Cl)ccc3OCCNC(=O)C2)c1. The molecule has 0 saturated heterocycles. The van der Waals surface area contributed by atoms with Gasteiger partial charge in [0.25, 0.3) is 11.8 Å². The number of benzene rings is 3. The molecule has 0 atom stereocenters. The van der Waals surface area contributed by atoms with Crippen LogP contribution in [0.1, 0.15) is 27.1 Å². The summed E-state index contributed by atoms with van der Waals surface area (Å²) in [5.74, 6) is 0.195. The third kappa shape index (κ3) is 6.59. The molecule has 0 unspecified atom stereocenters. The van der Waals surface area contributed by atoms with E-state index >= 15 is 0 Å². The van der Waals surface area contributed by atoms with Gasteiger partial charge in [-0.2, -0.15) is 0 Å². The maximum atomic E-state index is 13.5. The average molecular weight is 522 g/mol.